The lowest BCUT2D eigenvalue weighted by atomic mass is 9.74. The van der Waals surface area contributed by atoms with Crippen LogP contribution < -0.4 is 21.3 Å². The molecule has 0 aliphatic rings. The monoisotopic (exact) mass is 524 g/mol. The molecule has 0 aromatic carbocycles. The van der Waals surface area contributed by atoms with Gasteiger partial charge in [0, 0.05) is 25.7 Å². The normalized spacial score (nSPS) is 12.9. The van der Waals surface area contributed by atoms with E-state index in [2.05, 4.69) is 21.3 Å². The van der Waals surface area contributed by atoms with Gasteiger partial charge in [-0.25, -0.2) is 0 Å². The van der Waals surface area contributed by atoms with Gasteiger partial charge in [-0.3, -0.25) is 38.4 Å². The van der Waals surface area contributed by atoms with Gasteiger partial charge in [0.2, 0.25) is 23.6 Å². The minimum absolute atomic E-state index is 0.0350. The molecule has 4 amide bonds. The van der Waals surface area contributed by atoms with E-state index in [0.717, 1.165) is 0 Å². The molecule has 0 bridgehead atoms. The van der Waals surface area contributed by atoms with Crippen molar-refractivity contribution in [2.75, 3.05) is 26.2 Å². The van der Waals surface area contributed by atoms with Crippen LogP contribution in [0.3, 0.4) is 0 Å². The molecule has 0 fully saturated rings. The van der Waals surface area contributed by atoms with E-state index in [1.54, 1.807) is 6.92 Å². The Hall–Kier alpha value is -3.44. The van der Waals surface area contributed by atoms with E-state index in [9.17, 15) is 38.4 Å². The van der Waals surface area contributed by atoms with E-state index in [4.69, 9.17) is 0 Å². The first kappa shape index (κ1) is 33.6. The summed E-state index contributed by atoms with van der Waals surface area (Å²) in [5.74, 6) is -4.21. The van der Waals surface area contributed by atoms with Crippen molar-refractivity contribution in [1.82, 2.24) is 21.3 Å². The Balaban J connectivity index is 5.79. The quantitative estimate of drug-likeness (QED) is 0.176. The number of ketones is 4. The molecule has 0 aromatic heterocycles. The molecule has 0 aromatic rings. The predicted molar refractivity (Wildman–Crippen MR) is 134 cm³/mol. The Morgan fingerprint density at radius 3 is 1.27 bits per heavy atom. The molecule has 0 aliphatic carbocycles. The van der Waals surface area contributed by atoms with Gasteiger partial charge in [0.25, 0.3) is 0 Å². The highest BCUT2D eigenvalue weighted by molar-refractivity contribution is 5.87. The van der Waals surface area contributed by atoms with Crippen LogP contribution in [0.2, 0.25) is 0 Å². The van der Waals surface area contributed by atoms with Gasteiger partial charge in [0.15, 0.2) is 0 Å². The lowest BCUT2D eigenvalue weighted by Gasteiger charge is -2.31. The molecule has 37 heavy (non-hydrogen) atoms. The van der Waals surface area contributed by atoms with Gasteiger partial charge in [0.1, 0.15) is 23.1 Å². The molecule has 0 radical (unpaired) electrons. The first-order valence-corrected chi connectivity index (χ1v) is 12.3. The van der Waals surface area contributed by atoms with E-state index < -0.39 is 41.4 Å². The molecular formula is C25H40N4O8. The highest BCUT2D eigenvalue weighted by Crippen LogP contribution is 2.33. The molecular weight excluding hydrogens is 484 g/mol. The molecule has 0 aliphatic heterocycles. The van der Waals surface area contributed by atoms with Gasteiger partial charge >= 0.3 is 0 Å². The molecule has 0 spiro atoms. The van der Waals surface area contributed by atoms with E-state index in [-0.39, 0.29) is 81.4 Å². The van der Waals surface area contributed by atoms with Crippen molar-refractivity contribution in [3.63, 3.8) is 0 Å². The van der Waals surface area contributed by atoms with E-state index >= 15 is 0 Å². The molecule has 4 N–H and O–H groups in total. The number of Topliss-reactive ketones (excluding diaryl/α,β-unsaturated/α-hetero) is 4. The smallest absolute Gasteiger partial charge is 0.220 e. The number of nitrogens with one attached hydrogen (secondary N) is 4. The highest BCUT2D eigenvalue weighted by atomic mass is 16.2. The molecule has 0 saturated heterocycles. The zero-order valence-electron chi connectivity index (χ0n) is 22.4. The van der Waals surface area contributed by atoms with Crippen LogP contribution in [0.5, 0.6) is 0 Å². The van der Waals surface area contributed by atoms with Crippen LogP contribution >= 0.6 is 0 Å². The number of carbonyl (C=O) groups is 8. The second-order valence-corrected chi connectivity index (χ2v) is 9.47. The first-order valence-electron chi connectivity index (χ1n) is 12.3. The SMILES string of the molecule is CC(=O)CNC(=O)CCC(CC(=O)NCC(C)=O)C(CC(=O)NCC(C)=O)C(C)CC(=O)NCC(C)=O. The van der Waals surface area contributed by atoms with Crippen molar-refractivity contribution >= 4 is 46.8 Å². The zero-order chi connectivity index (χ0) is 28.5. The molecule has 0 rings (SSSR count). The zero-order valence-corrected chi connectivity index (χ0v) is 22.4. The molecule has 3 unspecified atom stereocenters. The molecule has 0 saturated carbocycles. The third kappa shape index (κ3) is 17.6. The van der Waals surface area contributed by atoms with Crippen molar-refractivity contribution in [2.24, 2.45) is 17.8 Å². The Morgan fingerprint density at radius 2 is 0.865 bits per heavy atom. The van der Waals surface area contributed by atoms with Crippen LogP contribution in [0, 0.1) is 17.8 Å². The summed E-state index contributed by atoms with van der Waals surface area (Å²) in [6.07, 6.45) is -0.139. The van der Waals surface area contributed by atoms with Crippen LogP contribution in [-0.4, -0.2) is 72.9 Å². The number of hydrogen-bond donors (Lipinski definition) is 4. The lowest BCUT2D eigenvalue weighted by Crippen LogP contribution is -2.38. The third-order valence-corrected chi connectivity index (χ3v) is 5.59. The maximum Gasteiger partial charge on any atom is 0.220 e. The van der Waals surface area contributed by atoms with Crippen LogP contribution in [0.25, 0.3) is 0 Å². The minimum atomic E-state index is -0.557. The molecule has 0 heterocycles. The van der Waals surface area contributed by atoms with Crippen molar-refractivity contribution in [1.29, 1.82) is 0 Å². The predicted octanol–water partition coefficient (Wildman–Crippen LogP) is -0.374. The van der Waals surface area contributed by atoms with E-state index in [0.29, 0.717) is 0 Å². The topological polar surface area (TPSA) is 185 Å². The number of hydrogen-bond acceptors (Lipinski definition) is 8. The number of amides is 4. The lowest BCUT2D eigenvalue weighted by molar-refractivity contribution is -0.129. The van der Waals surface area contributed by atoms with Crippen molar-refractivity contribution in [3.8, 4) is 0 Å². The van der Waals surface area contributed by atoms with Crippen LogP contribution in [0.1, 0.15) is 66.7 Å². The molecule has 12 heteroatoms. The standard InChI is InChI=1S/C25H40N4O8/c1-15(8-23(35)27-12-17(3)31)21(10-25(37)29-14-19(5)33)20(9-24(36)28-13-18(4)32)6-7-22(34)26-11-16(2)30/h15,20-21H,6-14H2,1-5H3,(H,26,34)(H,27,35)(H,28,36)(H,29,37). The van der Waals surface area contributed by atoms with Gasteiger partial charge in [-0.15, -0.1) is 0 Å². The second kappa shape index (κ2) is 17.9. The van der Waals surface area contributed by atoms with Gasteiger partial charge < -0.3 is 21.3 Å². The summed E-state index contributed by atoms with van der Waals surface area (Å²) >= 11 is 0. The van der Waals surface area contributed by atoms with Crippen molar-refractivity contribution in [3.05, 3.63) is 0 Å². The van der Waals surface area contributed by atoms with Crippen LogP contribution in [0.4, 0.5) is 0 Å². The summed E-state index contributed by atoms with van der Waals surface area (Å²) < 4.78 is 0. The summed E-state index contributed by atoms with van der Waals surface area (Å²) in [7, 11) is 0. The minimum Gasteiger partial charge on any atom is -0.349 e. The van der Waals surface area contributed by atoms with E-state index in [1.165, 1.54) is 27.7 Å². The highest BCUT2D eigenvalue weighted by Gasteiger charge is 2.32. The summed E-state index contributed by atoms with van der Waals surface area (Å²) in [6, 6.07) is 0. The average Bonchev–Trinajstić information content (AvgIpc) is 2.79. The fourth-order valence-electron chi connectivity index (χ4n) is 3.71. The van der Waals surface area contributed by atoms with Crippen LogP contribution in [-0.2, 0) is 38.4 Å². The fourth-order valence-corrected chi connectivity index (χ4v) is 3.71. The Labute approximate surface area is 217 Å². The largest absolute Gasteiger partial charge is 0.349 e. The van der Waals surface area contributed by atoms with Crippen molar-refractivity contribution in [2.45, 2.75) is 66.7 Å². The average molecular weight is 525 g/mol. The van der Waals surface area contributed by atoms with Gasteiger partial charge in [0.05, 0.1) is 26.2 Å². The van der Waals surface area contributed by atoms with Gasteiger partial charge in [-0.05, 0) is 51.9 Å². The first-order chi connectivity index (χ1) is 17.2. The summed E-state index contributed by atoms with van der Waals surface area (Å²) in [5, 5.41) is 10.0. The Bertz CT molecular complexity index is 871. The molecule has 12 nitrogen and oxygen atoms in total. The van der Waals surface area contributed by atoms with Gasteiger partial charge in [-0.1, -0.05) is 6.92 Å². The second-order valence-electron chi connectivity index (χ2n) is 9.47. The van der Waals surface area contributed by atoms with Crippen molar-refractivity contribution < 1.29 is 38.4 Å². The number of rotatable bonds is 19. The van der Waals surface area contributed by atoms with Gasteiger partial charge in [-0.2, -0.15) is 0 Å². The maximum absolute atomic E-state index is 12.6. The van der Waals surface area contributed by atoms with E-state index in [1.807, 2.05) is 0 Å². The Morgan fingerprint density at radius 1 is 0.514 bits per heavy atom. The summed E-state index contributed by atoms with van der Waals surface area (Å²) in [5.41, 5.74) is 0. The summed E-state index contributed by atoms with van der Waals surface area (Å²) in [4.78, 5) is 94.7. The Kier molecular flexibility index (Phi) is 16.2. The van der Waals surface area contributed by atoms with Crippen LogP contribution in [0.15, 0.2) is 0 Å². The maximum atomic E-state index is 12.6. The third-order valence-electron chi connectivity index (χ3n) is 5.59. The fraction of sp³-hybridized carbons (Fsp3) is 0.680. The molecule has 3 atom stereocenters. The summed E-state index contributed by atoms with van der Waals surface area (Å²) in [6.45, 7) is 6.42. The molecule has 208 valence electrons. The number of carbonyl (C=O) groups excluding carboxylic acids is 8.